The Hall–Kier alpha value is -0.791. The molecule has 3 heteroatoms. The van der Waals surface area contributed by atoms with Gasteiger partial charge in [-0.15, -0.1) is 0 Å². The van der Waals surface area contributed by atoms with Crippen LogP contribution >= 0.6 is 0 Å². The van der Waals surface area contributed by atoms with E-state index in [4.69, 9.17) is 0 Å². The van der Waals surface area contributed by atoms with Gasteiger partial charge < -0.3 is 0 Å². The zero-order valence-corrected chi connectivity index (χ0v) is 10.5. The summed E-state index contributed by atoms with van der Waals surface area (Å²) in [5.74, 6) is 0.222. The molecule has 0 radical (unpaired) electrons. The molecule has 1 heterocycles. The van der Waals surface area contributed by atoms with Gasteiger partial charge in [-0.05, 0) is 0 Å². The second kappa shape index (κ2) is 4.82. The average Bonchev–Trinajstić information content (AvgIpc) is 2.64. The monoisotopic (exact) mass is 269 g/mol. The Morgan fingerprint density at radius 1 is 1.40 bits per heavy atom. The van der Waals surface area contributed by atoms with Gasteiger partial charge in [0.05, 0.1) is 0 Å². The zero-order chi connectivity index (χ0) is 10.7. The van der Waals surface area contributed by atoms with E-state index in [0.717, 1.165) is 11.7 Å². The number of amides is 1. The van der Waals surface area contributed by atoms with Crippen LogP contribution in [0.15, 0.2) is 24.3 Å². The number of aryl methyl sites for hydroxylation is 1. The minimum atomic E-state index is 0.222. The molecule has 1 aromatic rings. The summed E-state index contributed by atoms with van der Waals surface area (Å²) < 4.78 is 1.43. The third-order valence-corrected chi connectivity index (χ3v) is 5.02. The average molecular weight is 268 g/mol. The van der Waals surface area contributed by atoms with Crippen molar-refractivity contribution >= 4 is 25.3 Å². The van der Waals surface area contributed by atoms with E-state index in [1.54, 1.807) is 0 Å². The standard InChI is InChI=1S/C12H15NOSe/c1-9-2-5-11(6-3-9)15-8-10-4-7-12(14)13-10/h2-3,5-6,10H,4,7-8H2,1H3,(H,13,14)/t10-/m0/s1. The Kier molecular flexibility index (Phi) is 3.45. The molecule has 1 aromatic carbocycles. The van der Waals surface area contributed by atoms with Crippen LogP contribution in [0.5, 0.6) is 0 Å². The fraction of sp³-hybridized carbons (Fsp3) is 0.417. The van der Waals surface area contributed by atoms with E-state index in [9.17, 15) is 4.79 Å². The predicted molar refractivity (Wildman–Crippen MR) is 62.5 cm³/mol. The number of benzene rings is 1. The Morgan fingerprint density at radius 3 is 2.73 bits per heavy atom. The first kappa shape index (κ1) is 10.7. The molecule has 2 rings (SSSR count). The van der Waals surface area contributed by atoms with Crippen molar-refractivity contribution in [2.75, 3.05) is 0 Å². The topological polar surface area (TPSA) is 29.1 Å². The van der Waals surface area contributed by atoms with Gasteiger partial charge in [0.25, 0.3) is 0 Å². The molecule has 1 amide bonds. The van der Waals surface area contributed by atoms with Gasteiger partial charge in [0.1, 0.15) is 0 Å². The minimum absolute atomic E-state index is 0.222. The predicted octanol–water partition coefficient (Wildman–Crippen LogP) is 1.02. The van der Waals surface area contributed by atoms with Crippen LogP contribution < -0.4 is 9.78 Å². The number of hydrogen-bond acceptors (Lipinski definition) is 1. The molecule has 2 nitrogen and oxygen atoms in total. The number of hydrogen-bond donors (Lipinski definition) is 1. The molecule has 0 bridgehead atoms. The molecule has 1 fully saturated rings. The molecule has 1 N–H and O–H groups in total. The molecular weight excluding hydrogens is 253 g/mol. The Labute approximate surface area is 96.6 Å². The molecule has 1 atom stereocenters. The van der Waals surface area contributed by atoms with Crippen LogP contribution in [0.25, 0.3) is 0 Å². The van der Waals surface area contributed by atoms with Crippen LogP contribution in [-0.2, 0) is 4.79 Å². The van der Waals surface area contributed by atoms with E-state index in [1.807, 2.05) is 0 Å². The summed E-state index contributed by atoms with van der Waals surface area (Å²) in [5, 5.41) is 4.14. The van der Waals surface area contributed by atoms with Crippen LogP contribution in [0.1, 0.15) is 18.4 Å². The first-order chi connectivity index (χ1) is 7.24. The molecule has 80 valence electrons. The third-order valence-electron chi connectivity index (χ3n) is 2.56. The fourth-order valence-corrected chi connectivity index (χ4v) is 3.67. The number of carbonyl (C=O) groups excluding carboxylic acids is 1. The molecule has 0 aromatic heterocycles. The van der Waals surface area contributed by atoms with E-state index < -0.39 is 0 Å². The summed E-state index contributed by atoms with van der Waals surface area (Å²) in [5.41, 5.74) is 1.31. The summed E-state index contributed by atoms with van der Waals surface area (Å²) in [6.45, 7) is 2.11. The van der Waals surface area contributed by atoms with Crippen molar-refractivity contribution in [3.63, 3.8) is 0 Å². The van der Waals surface area contributed by atoms with Crippen LogP contribution in [0.3, 0.4) is 0 Å². The van der Waals surface area contributed by atoms with Crippen molar-refractivity contribution in [3.8, 4) is 0 Å². The van der Waals surface area contributed by atoms with Gasteiger partial charge >= 0.3 is 96.4 Å². The third kappa shape index (κ3) is 3.08. The molecule has 0 aliphatic carbocycles. The van der Waals surface area contributed by atoms with Gasteiger partial charge in [0.2, 0.25) is 0 Å². The molecule has 15 heavy (non-hydrogen) atoms. The van der Waals surface area contributed by atoms with Crippen LogP contribution in [-0.4, -0.2) is 26.9 Å². The first-order valence-electron chi connectivity index (χ1n) is 5.23. The zero-order valence-electron chi connectivity index (χ0n) is 8.82. The van der Waals surface area contributed by atoms with Crippen molar-refractivity contribution < 1.29 is 4.79 Å². The number of rotatable bonds is 3. The summed E-state index contributed by atoms with van der Waals surface area (Å²) in [7, 11) is 0. The number of nitrogens with one attached hydrogen (secondary N) is 1. The molecular formula is C12H15NOSe. The van der Waals surface area contributed by atoms with E-state index in [1.165, 1.54) is 10.0 Å². The molecule has 1 aliphatic heterocycles. The maximum atomic E-state index is 11.0. The normalized spacial score (nSPS) is 20.3. The summed E-state index contributed by atoms with van der Waals surface area (Å²) in [4.78, 5) is 11.0. The summed E-state index contributed by atoms with van der Waals surface area (Å²) in [6.07, 6.45) is 1.74. The van der Waals surface area contributed by atoms with Gasteiger partial charge in [-0.2, -0.15) is 0 Å². The van der Waals surface area contributed by atoms with Gasteiger partial charge in [0.15, 0.2) is 0 Å². The Bertz CT molecular complexity index is 347. The van der Waals surface area contributed by atoms with E-state index >= 15 is 0 Å². The summed E-state index contributed by atoms with van der Waals surface area (Å²) in [6, 6.07) is 9.14. The van der Waals surface area contributed by atoms with Crippen molar-refractivity contribution in [3.05, 3.63) is 29.8 Å². The SMILES string of the molecule is Cc1ccc([Se]C[C@@H]2CCC(=O)N2)cc1. The second-order valence-corrected chi connectivity index (χ2v) is 6.22. The van der Waals surface area contributed by atoms with Crippen molar-refractivity contribution in [1.29, 1.82) is 0 Å². The molecule has 1 aliphatic rings. The van der Waals surface area contributed by atoms with Crippen molar-refractivity contribution in [2.24, 2.45) is 0 Å². The maximum absolute atomic E-state index is 11.0. The Morgan fingerprint density at radius 2 is 2.13 bits per heavy atom. The molecule has 0 unspecified atom stereocenters. The van der Waals surface area contributed by atoms with E-state index in [0.29, 0.717) is 27.4 Å². The van der Waals surface area contributed by atoms with Crippen LogP contribution in [0.2, 0.25) is 5.32 Å². The first-order valence-corrected chi connectivity index (χ1v) is 7.29. The number of carbonyl (C=O) groups is 1. The molecule has 1 saturated heterocycles. The van der Waals surface area contributed by atoms with Gasteiger partial charge in [-0.3, -0.25) is 0 Å². The molecule has 0 saturated carbocycles. The van der Waals surface area contributed by atoms with Crippen molar-refractivity contribution in [2.45, 2.75) is 31.1 Å². The van der Waals surface area contributed by atoms with Gasteiger partial charge in [-0.25, -0.2) is 0 Å². The van der Waals surface area contributed by atoms with Crippen LogP contribution in [0, 0.1) is 6.92 Å². The van der Waals surface area contributed by atoms with E-state index in [2.05, 4.69) is 36.5 Å². The summed E-state index contributed by atoms with van der Waals surface area (Å²) >= 11 is 0.496. The second-order valence-electron chi connectivity index (χ2n) is 3.93. The van der Waals surface area contributed by atoms with Crippen molar-refractivity contribution in [1.82, 2.24) is 5.32 Å². The fourth-order valence-electron chi connectivity index (χ4n) is 1.63. The quantitative estimate of drug-likeness (QED) is 0.815. The van der Waals surface area contributed by atoms with Gasteiger partial charge in [0, 0.05) is 0 Å². The van der Waals surface area contributed by atoms with Crippen LogP contribution in [0.4, 0.5) is 0 Å². The van der Waals surface area contributed by atoms with E-state index in [-0.39, 0.29) is 5.91 Å². The Balaban J connectivity index is 1.83. The van der Waals surface area contributed by atoms with Gasteiger partial charge in [-0.1, -0.05) is 0 Å². The molecule has 0 spiro atoms.